The van der Waals surface area contributed by atoms with E-state index in [1.165, 1.54) is 10.8 Å². The van der Waals surface area contributed by atoms with Crippen LogP contribution in [0.3, 0.4) is 0 Å². The zero-order chi connectivity index (χ0) is 8.97. The Hall–Kier alpha value is -1.10. The number of imidazole rings is 1. The highest BCUT2D eigenvalue weighted by molar-refractivity contribution is 6.17. The monoisotopic (exact) mass is 189 g/mol. The maximum Gasteiger partial charge on any atom is 0.434 e. The second kappa shape index (κ2) is 4.06. The smallest absolute Gasteiger partial charge is 0.390 e. The summed E-state index contributed by atoms with van der Waals surface area (Å²) in [6.45, 7) is 0.541. The van der Waals surface area contributed by atoms with E-state index in [0.29, 0.717) is 18.8 Å². The molecule has 1 aromatic heterocycles. The van der Waals surface area contributed by atoms with Gasteiger partial charge in [0, 0.05) is 5.88 Å². The fraction of sp³-hybridized carbons (Fsp3) is 0.500. The Labute approximate surface area is 74.1 Å². The zero-order valence-electron chi connectivity index (χ0n) is 6.31. The lowest BCUT2D eigenvalue weighted by molar-refractivity contribution is -0.396. The molecule has 12 heavy (non-hydrogen) atoms. The number of aromatic nitrogens is 2. The molecular weight excluding hydrogens is 182 g/mol. The van der Waals surface area contributed by atoms with Gasteiger partial charge in [0.25, 0.3) is 0 Å². The van der Waals surface area contributed by atoms with Crippen LogP contribution in [0.25, 0.3) is 0 Å². The average molecular weight is 190 g/mol. The molecule has 0 N–H and O–H groups in total. The van der Waals surface area contributed by atoms with Gasteiger partial charge in [-0.25, -0.2) is 4.57 Å². The maximum absolute atomic E-state index is 10.3. The summed E-state index contributed by atoms with van der Waals surface area (Å²) in [5.41, 5.74) is 0. The fourth-order valence-corrected chi connectivity index (χ4v) is 0.997. The molecule has 0 saturated heterocycles. The molecule has 0 aliphatic carbocycles. The third-order valence-electron chi connectivity index (χ3n) is 1.39. The summed E-state index contributed by atoms with van der Waals surface area (Å²) in [6, 6.07) is 0. The molecule has 1 aromatic rings. The lowest BCUT2D eigenvalue weighted by Gasteiger charge is -1.98. The second-order valence-corrected chi connectivity index (χ2v) is 2.60. The third-order valence-corrected chi connectivity index (χ3v) is 1.66. The van der Waals surface area contributed by atoms with Crippen molar-refractivity contribution in [2.45, 2.75) is 13.0 Å². The van der Waals surface area contributed by atoms with E-state index in [0.717, 1.165) is 0 Å². The number of hydrogen-bond acceptors (Lipinski definition) is 3. The van der Waals surface area contributed by atoms with Crippen LogP contribution in [0.4, 0.5) is 5.95 Å². The average Bonchev–Trinajstić information content (AvgIpc) is 2.48. The lowest BCUT2D eigenvalue weighted by Crippen LogP contribution is -2.03. The highest BCUT2D eigenvalue weighted by Crippen LogP contribution is 2.07. The van der Waals surface area contributed by atoms with Crippen molar-refractivity contribution in [3.63, 3.8) is 0 Å². The Morgan fingerprint density at radius 2 is 2.50 bits per heavy atom. The summed E-state index contributed by atoms with van der Waals surface area (Å²) in [7, 11) is 0. The molecule has 0 bridgehead atoms. The van der Waals surface area contributed by atoms with Gasteiger partial charge in [0.1, 0.15) is 12.4 Å². The van der Waals surface area contributed by atoms with Crippen LogP contribution in [0.5, 0.6) is 0 Å². The number of aryl methyl sites for hydroxylation is 1. The SMILES string of the molecule is O=[N+]([O-])c1nccn1CCCCl. The molecule has 0 spiro atoms. The van der Waals surface area contributed by atoms with Crippen molar-refractivity contribution in [3.8, 4) is 0 Å². The van der Waals surface area contributed by atoms with Crippen molar-refractivity contribution >= 4 is 17.5 Å². The molecule has 0 radical (unpaired) electrons. The molecule has 0 aliphatic rings. The highest BCUT2D eigenvalue weighted by Gasteiger charge is 2.12. The largest absolute Gasteiger partial charge is 0.434 e. The molecule has 0 fully saturated rings. The van der Waals surface area contributed by atoms with Crippen LogP contribution in [0.15, 0.2) is 12.4 Å². The standard InChI is InChI=1S/C6H8ClN3O2/c7-2-1-4-9-5-3-8-6(9)10(11)12/h3,5H,1-2,4H2. The summed E-state index contributed by atoms with van der Waals surface area (Å²) < 4.78 is 1.47. The van der Waals surface area contributed by atoms with Crippen LogP contribution in [0, 0.1) is 10.1 Å². The molecule has 6 heteroatoms. The van der Waals surface area contributed by atoms with E-state index in [1.54, 1.807) is 6.20 Å². The first-order chi connectivity index (χ1) is 5.75. The molecule has 0 aromatic carbocycles. The van der Waals surface area contributed by atoms with Crippen LogP contribution in [-0.4, -0.2) is 20.4 Å². The van der Waals surface area contributed by atoms with Gasteiger partial charge in [-0.05, 0) is 11.3 Å². The minimum absolute atomic E-state index is 0.125. The fourth-order valence-electron chi connectivity index (χ4n) is 0.878. The van der Waals surface area contributed by atoms with Gasteiger partial charge in [-0.3, -0.25) is 0 Å². The molecule has 0 amide bonds. The summed E-state index contributed by atoms with van der Waals surface area (Å²) in [5, 5.41) is 10.3. The molecule has 66 valence electrons. The summed E-state index contributed by atoms with van der Waals surface area (Å²) in [4.78, 5) is 13.4. The Bertz CT molecular complexity index is 274. The molecule has 1 heterocycles. The Kier molecular flexibility index (Phi) is 3.04. The molecular formula is C6H8ClN3O2. The van der Waals surface area contributed by atoms with E-state index in [9.17, 15) is 10.1 Å². The molecule has 0 aliphatic heterocycles. The normalized spacial score (nSPS) is 10.1. The van der Waals surface area contributed by atoms with E-state index in [1.807, 2.05) is 0 Å². The van der Waals surface area contributed by atoms with Crippen LogP contribution in [-0.2, 0) is 6.54 Å². The van der Waals surface area contributed by atoms with Gasteiger partial charge in [-0.15, -0.1) is 11.6 Å². The first kappa shape index (κ1) is 8.99. The van der Waals surface area contributed by atoms with Crippen LogP contribution in [0.1, 0.15) is 6.42 Å². The van der Waals surface area contributed by atoms with Crippen molar-refractivity contribution < 1.29 is 4.92 Å². The maximum atomic E-state index is 10.3. The van der Waals surface area contributed by atoms with Crippen molar-refractivity contribution in [3.05, 3.63) is 22.5 Å². The predicted octanol–water partition coefficient (Wildman–Crippen LogP) is 1.42. The molecule has 5 nitrogen and oxygen atoms in total. The van der Waals surface area contributed by atoms with E-state index >= 15 is 0 Å². The number of alkyl halides is 1. The molecule has 1 rings (SSSR count). The van der Waals surface area contributed by atoms with Gasteiger partial charge in [0.2, 0.25) is 0 Å². The van der Waals surface area contributed by atoms with Gasteiger partial charge in [0.15, 0.2) is 0 Å². The van der Waals surface area contributed by atoms with Crippen LogP contribution >= 0.6 is 11.6 Å². The van der Waals surface area contributed by atoms with Gasteiger partial charge in [0.05, 0.1) is 6.54 Å². The summed E-state index contributed by atoms with van der Waals surface area (Å²) in [5.74, 6) is 0.370. The molecule has 0 unspecified atom stereocenters. The lowest BCUT2D eigenvalue weighted by atomic mass is 10.5. The topological polar surface area (TPSA) is 61.0 Å². The van der Waals surface area contributed by atoms with E-state index in [-0.39, 0.29) is 5.95 Å². The quantitative estimate of drug-likeness (QED) is 0.409. The van der Waals surface area contributed by atoms with Gasteiger partial charge >= 0.3 is 5.95 Å². The van der Waals surface area contributed by atoms with E-state index in [4.69, 9.17) is 11.6 Å². The minimum atomic E-state index is -0.506. The minimum Gasteiger partial charge on any atom is -0.390 e. The number of nitrogens with zero attached hydrogens (tertiary/aromatic N) is 3. The molecule has 0 saturated carbocycles. The van der Waals surface area contributed by atoms with Crippen LogP contribution < -0.4 is 0 Å². The summed E-state index contributed by atoms with van der Waals surface area (Å²) in [6.07, 6.45) is 3.69. The van der Waals surface area contributed by atoms with E-state index < -0.39 is 4.92 Å². The Morgan fingerprint density at radius 1 is 1.75 bits per heavy atom. The number of rotatable bonds is 4. The number of nitro groups is 1. The van der Waals surface area contributed by atoms with Crippen molar-refractivity contribution in [1.82, 2.24) is 9.55 Å². The van der Waals surface area contributed by atoms with Crippen molar-refractivity contribution in [2.24, 2.45) is 0 Å². The van der Waals surface area contributed by atoms with Crippen LogP contribution in [0.2, 0.25) is 0 Å². The second-order valence-electron chi connectivity index (χ2n) is 2.22. The predicted molar refractivity (Wildman–Crippen MR) is 44.2 cm³/mol. The number of halogens is 1. The highest BCUT2D eigenvalue weighted by atomic mass is 35.5. The van der Waals surface area contributed by atoms with E-state index in [2.05, 4.69) is 4.98 Å². The zero-order valence-corrected chi connectivity index (χ0v) is 7.07. The third kappa shape index (κ3) is 1.94. The Balaban J connectivity index is 2.70. The van der Waals surface area contributed by atoms with Gasteiger partial charge in [-0.1, -0.05) is 4.98 Å². The van der Waals surface area contributed by atoms with Crippen molar-refractivity contribution in [2.75, 3.05) is 5.88 Å². The number of hydrogen-bond donors (Lipinski definition) is 0. The van der Waals surface area contributed by atoms with Gasteiger partial charge < -0.3 is 10.1 Å². The molecule has 0 atom stereocenters. The first-order valence-corrected chi connectivity index (χ1v) is 4.00. The first-order valence-electron chi connectivity index (χ1n) is 3.47. The summed E-state index contributed by atoms with van der Waals surface area (Å²) >= 11 is 5.45. The van der Waals surface area contributed by atoms with Gasteiger partial charge in [-0.2, -0.15) is 0 Å². The Morgan fingerprint density at radius 3 is 3.08 bits per heavy atom. The van der Waals surface area contributed by atoms with Crippen molar-refractivity contribution in [1.29, 1.82) is 0 Å².